The standard InChI is InChI=1S/C29H24Cl2IN3O6/c1-4-40-24-12-17(11-22(32)26(24)41-14-25(36)33-23-8-5-15(2)9-16(23)3)10-19-27(37)34-29(39)35(28(19)38)18-6-7-20(30)21(31)13-18/h5-13H,4,14H2,1-3H3,(H,33,36)(H,34,37,39)/b19-10-. The Balaban J connectivity index is 1.58. The number of hydrogen-bond acceptors (Lipinski definition) is 6. The molecule has 0 bridgehead atoms. The van der Waals surface area contributed by atoms with E-state index in [2.05, 4.69) is 10.6 Å². The molecule has 1 heterocycles. The Bertz CT molecular complexity index is 1610. The molecular formula is C29H24Cl2IN3O6. The second kappa shape index (κ2) is 12.9. The van der Waals surface area contributed by atoms with Crippen LogP contribution in [0.25, 0.3) is 6.08 Å². The van der Waals surface area contributed by atoms with E-state index in [9.17, 15) is 19.2 Å². The fourth-order valence-corrected chi connectivity index (χ4v) is 5.11. The predicted octanol–water partition coefficient (Wildman–Crippen LogP) is 6.30. The highest BCUT2D eigenvalue weighted by Gasteiger charge is 2.37. The Kier molecular flexibility index (Phi) is 9.57. The normalized spacial score (nSPS) is 14.2. The van der Waals surface area contributed by atoms with Crippen molar-refractivity contribution in [1.82, 2.24) is 5.32 Å². The molecule has 9 nitrogen and oxygen atoms in total. The van der Waals surface area contributed by atoms with Crippen LogP contribution >= 0.6 is 45.8 Å². The van der Waals surface area contributed by atoms with Crippen LogP contribution in [0, 0.1) is 17.4 Å². The van der Waals surface area contributed by atoms with Crippen molar-refractivity contribution < 1.29 is 28.7 Å². The molecule has 12 heteroatoms. The summed E-state index contributed by atoms with van der Waals surface area (Å²) in [6.07, 6.45) is 1.34. The molecule has 3 aromatic carbocycles. The number of benzene rings is 3. The summed E-state index contributed by atoms with van der Waals surface area (Å²) in [6, 6.07) is 12.3. The second-order valence-electron chi connectivity index (χ2n) is 8.97. The summed E-state index contributed by atoms with van der Waals surface area (Å²) in [6.45, 7) is 5.68. The van der Waals surface area contributed by atoms with Crippen molar-refractivity contribution in [2.75, 3.05) is 23.4 Å². The predicted molar refractivity (Wildman–Crippen MR) is 166 cm³/mol. The second-order valence-corrected chi connectivity index (χ2v) is 11.0. The van der Waals surface area contributed by atoms with Crippen molar-refractivity contribution in [3.05, 3.63) is 84.4 Å². The number of halogens is 3. The van der Waals surface area contributed by atoms with Crippen LogP contribution < -0.4 is 25.0 Å². The van der Waals surface area contributed by atoms with Crippen molar-refractivity contribution >= 4 is 87.0 Å². The number of barbiturate groups is 1. The van der Waals surface area contributed by atoms with Crippen LogP contribution in [-0.4, -0.2) is 37.0 Å². The van der Waals surface area contributed by atoms with E-state index in [1.165, 1.54) is 24.3 Å². The van der Waals surface area contributed by atoms with Gasteiger partial charge in [-0.3, -0.25) is 19.7 Å². The van der Waals surface area contributed by atoms with Crippen LogP contribution in [-0.2, 0) is 14.4 Å². The fourth-order valence-electron chi connectivity index (χ4n) is 4.03. The van der Waals surface area contributed by atoms with E-state index in [1.54, 1.807) is 19.1 Å². The van der Waals surface area contributed by atoms with E-state index < -0.39 is 17.8 Å². The van der Waals surface area contributed by atoms with Crippen LogP contribution in [0.1, 0.15) is 23.6 Å². The molecule has 212 valence electrons. The number of anilines is 2. The third kappa shape index (κ3) is 7.00. The molecule has 3 aromatic rings. The maximum Gasteiger partial charge on any atom is 0.335 e. The molecular weight excluding hydrogens is 684 g/mol. The van der Waals surface area contributed by atoms with Crippen molar-refractivity contribution in [2.45, 2.75) is 20.8 Å². The van der Waals surface area contributed by atoms with Gasteiger partial charge in [-0.1, -0.05) is 40.9 Å². The molecule has 0 spiro atoms. The number of hydrogen-bond donors (Lipinski definition) is 2. The quantitative estimate of drug-likeness (QED) is 0.162. The van der Waals surface area contributed by atoms with E-state index in [-0.39, 0.29) is 33.8 Å². The van der Waals surface area contributed by atoms with Gasteiger partial charge in [0, 0.05) is 5.69 Å². The van der Waals surface area contributed by atoms with Gasteiger partial charge in [0.25, 0.3) is 17.7 Å². The van der Waals surface area contributed by atoms with Crippen LogP contribution in [0.4, 0.5) is 16.2 Å². The van der Waals surface area contributed by atoms with Gasteiger partial charge >= 0.3 is 6.03 Å². The number of ether oxygens (including phenoxy) is 2. The molecule has 1 aliphatic heterocycles. The molecule has 0 unspecified atom stereocenters. The minimum atomic E-state index is -0.914. The van der Waals surface area contributed by atoms with E-state index in [0.29, 0.717) is 32.9 Å². The zero-order valence-corrected chi connectivity index (χ0v) is 25.8. The number of rotatable bonds is 8. The third-order valence-electron chi connectivity index (χ3n) is 5.91. The molecule has 0 saturated carbocycles. The first-order valence-electron chi connectivity index (χ1n) is 12.3. The van der Waals surface area contributed by atoms with Crippen molar-refractivity contribution in [3.63, 3.8) is 0 Å². The fraction of sp³-hybridized carbons (Fsp3) is 0.172. The Morgan fingerprint density at radius 3 is 2.46 bits per heavy atom. The lowest BCUT2D eigenvalue weighted by Crippen LogP contribution is -2.54. The third-order valence-corrected chi connectivity index (χ3v) is 7.45. The smallest absolute Gasteiger partial charge is 0.335 e. The van der Waals surface area contributed by atoms with Gasteiger partial charge in [-0.05, 0) is 97.0 Å². The minimum absolute atomic E-state index is 0.140. The highest BCUT2D eigenvalue weighted by atomic mass is 127. The monoisotopic (exact) mass is 707 g/mol. The average Bonchev–Trinajstić information content (AvgIpc) is 2.90. The maximum atomic E-state index is 13.3. The number of nitrogens with zero attached hydrogens (tertiary/aromatic N) is 1. The topological polar surface area (TPSA) is 114 Å². The van der Waals surface area contributed by atoms with Crippen LogP contribution in [0.2, 0.25) is 10.0 Å². The molecule has 0 atom stereocenters. The SMILES string of the molecule is CCOc1cc(/C=C2/C(=O)NC(=O)N(c3ccc(Cl)c(Cl)c3)C2=O)cc(I)c1OCC(=O)Nc1ccc(C)cc1C. The van der Waals surface area contributed by atoms with Crippen LogP contribution in [0.5, 0.6) is 11.5 Å². The summed E-state index contributed by atoms with van der Waals surface area (Å²) in [5.41, 5.74) is 3.01. The number of amides is 5. The molecule has 0 radical (unpaired) electrons. The summed E-state index contributed by atoms with van der Waals surface area (Å²) < 4.78 is 12.1. The van der Waals surface area contributed by atoms with E-state index in [1.807, 2.05) is 54.6 Å². The summed E-state index contributed by atoms with van der Waals surface area (Å²) in [4.78, 5) is 51.9. The Morgan fingerprint density at radius 1 is 1.02 bits per heavy atom. The number of nitrogens with one attached hydrogen (secondary N) is 2. The van der Waals surface area contributed by atoms with Gasteiger partial charge in [-0.25, -0.2) is 9.69 Å². The maximum absolute atomic E-state index is 13.3. The zero-order chi connectivity index (χ0) is 29.8. The molecule has 4 rings (SSSR count). The van der Waals surface area contributed by atoms with Crippen molar-refractivity contribution in [3.8, 4) is 11.5 Å². The van der Waals surface area contributed by atoms with Gasteiger partial charge in [-0.2, -0.15) is 0 Å². The number of aryl methyl sites for hydroxylation is 2. The van der Waals surface area contributed by atoms with Crippen LogP contribution in [0.3, 0.4) is 0 Å². The zero-order valence-electron chi connectivity index (χ0n) is 22.1. The van der Waals surface area contributed by atoms with Crippen molar-refractivity contribution in [2.24, 2.45) is 0 Å². The summed E-state index contributed by atoms with van der Waals surface area (Å²) in [5, 5.41) is 5.39. The number of carbonyl (C=O) groups is 4. The van der Waals surface area contributed by atoms with E-state index in [4.69, 9.17) is 32.7 Å². The lowest BCUT2D eigenvalue weighted by molar-refractivity contribution is -0.122. The average molecular weight is 708 g/mol. The highest BCUT2D eigenvalue weighted by Crippen LogP contribution is 2.36. The van der Waals surface area contributed by atoms with Crippen LogP contribution in [0.15, 0.2) is 54.1 Å². The lowest BCUT2D eigenvalue weighted by Gasteiger charge is -2.26. The molecule has 1 fully saturated rings. The van der Waals surface area contributed by atoms with Gasteiger partial charge in [0.05, 0.1) is 25.9 Å². The first kappa shape index (κ1) is 30.4. The highest BCUT2D eigenvalue weighted by molar-refractivity contribution is 14.1. The Labute approximate surface area is 259 Å². The number of imide groups is 2. The molecule has 1 saturated heterocycles. The van der Waals surface area contributed by atoms with E-state index in [0.717, 1.165) is 16.0 Å². The molecule has 1 aliphatic rings. The lowest BCUT2D eigenvalue weighted by atomic mass is 10.1. The molecule has 41 heavy (non-hydrogen) atoms. The summed E-state index contributed by atoms with van der Waals surface area (Å²) in [5.74, 6) is -1.40. The molecule has 0 aromatic heterocycles. The number of carbonyl (C=O) groups excluding carboxylic acids is 4. The van der Waals surface area contributed by atoms with Gasteiger partial charge in [0.1, 0.15) is 5.57 Å². The van der Waals surface area contributed by atoms with Crippen molar-refractivity contribution in [1.29, 1.82) is 0 Å². The van der Waals surface area contributed by atoms with Gasteiger partial charge < -0.3 is 14.8 Å². The number of urea groups is 1. The summed E-state index contributed by atoms with van der Waals surface area (Å²) >= 11 is 14.0. The largest absolute Gasteiger partial charge is 0.490 e. The molecule has 2 N–H and O–H groups in total. The first-order valence-corrected chi connectivity index (χ1v) is 14.1. The Morgan fingerprint density at radius 2 is 1.78 bits per heavy atom. The summed E-state index contributed by atoms with van der Waals surface area (Å²) in [7, 11) is 0. The Hall–Kier alpha value is -3.61. The van der Waals surface area contributed by atoms with Gasteiger partial charge in [0.2, 0.25) is 0 Å². The van der Waals surface area contributed by atoms with Gasteiger partial charge in [-0.15, -0.1) is 0 Å². The molecule has 5 amide bonds. The van der Waals surface area contributed by atoms with E-state index >= 15 is 0 Å². The minimum Gasteiger partial charge on any atom is -0.490 e. The van der Waals surface area contributed by atoms with Gasteiger partial charge in [0.15, 0.2) is 18.1 Å². The molecule has 0 aliphatic carbocycles. The first-order chi connectivity index (χ1) is 19.5.